The van der Waals surface area contributed by atoms with Crippen LogP contribution in [0.4, 0.5) is 11.8 Å². The predicted molar refractivity (Wildman–Crippen MR) is 113 cm³/mol. The largest absolute Gasteiger partial charge is 0.478 e. The minimum absolute atomic E-state index is 0.00263. The Hall–Kier alpha value is -3.55. The lowest BCUT2D eigenvalue weighted by Gasteiger charge is -2.17. The number of carboxylic acid groups (broad SMARTS) is 1. The number of anilines is 2. The highest BCUT2D eigenvalue weighted by Crippen LogP contribution is 2.35. The number of aromatic nitrogens is 4. The van der Waals surface area contributed by atoms with E-state index in [1.165, 1.54) is 12.3 Å². The number of aromatic carboxylic acids is 1. The summed E-state index contributed by atoms with van der Waals surface area (Å²) >= 11 is 0. The molecular weight excluding hydrogens is 382 g/mol. The summed E-state index contributed by atoms with van der Waals surface area (Å²) in [5.41, 5.74) is 2.16. The van der Waals surface area contributed by atoms with Gasteiger partial charge in [-0.25, -0.2) is 14.8 Å². The van der Waals surface area contributed by atoms with E-state index in [-0.39, 0.29) is 17.4 Å². The number of rotatable bonds is 6. The molecule has 4 rings (SSSR count). The fourth-order valence-corrected chi connectivity index (χ4v) is 3.82. The monoisotopic (exact) mass is 405 g/mol. The van der Waals surface area contributed by atoms with Gasteiger partial charge in [0.05, 0.1) is 11.3 Å². The van der Waals surface area contributed by atoms with E-state index in [1.54, 1.807) is 12.3 Å². The molecule has 3 heterocycles. The summed E-state index contributed by atoms with van der Waals surface area (Å²) in [7, 11) is 0. The molecule has 8 heteroatoms. The zero-order valence-electron chi connectivity index (χ0n) is 16.9. The van der Waals surface area contributed by atoms with E-state index in [0.717, 1.165) is 31.1 Å². The number of nitrogens with one attached hydrogen (secondary N) is 1. The third kappa shape index (κ3) is 3.68. The lowest BCUT2D eigenvalue weighted by molar-refractivity contribution is 0.0696. The van der Waals surface area contributed by atoms with E-state index >= 15 is 0 Å². The summed E-state index contributed by atoms with van der Waals surface area (Å²) in [6.45, 7) is 3.68. The highest BCUT2D eigenvalue weighted by atomic mass is 16.4. The summed E-state index contributed by atoms with van der Waals surface area (Å²) in [5, 5.41) is 12.8. The smallest absolute Gasteiger partial charge is 0.337 e. The number of carbonyl (C=O) groups is 2. The molecule has 0 aromatic carbocycles. The quantitative estimate of drug-likeness (QED) is 0.458. The van der Waals surface area contributed by atoms with Crippen molar-refractivity contribution in [3.63, 3.8) is 0 Å². The van der Waals surface area contributed by atoms with Crippen LogP contribution >= 0.6 is 0 Å². The van der Waals surface area contributed by atoms with Crippen LogP contribution in [0.5, 0.6) is 0 Å². The SMILES string of the molecule is C/C=C(/C)C(=O)c1cc2cnc(Nc3ccc(C(=O)O)cn3)nc2n1C1CCCC1. The summed E-state index contributed by atoms with van der Waals surface area (Å²) < 4.78 is 2.06. The minimum Gasteiger partial charge on any atom is -0.478 e. The number of carbonyl (C=O) groups excluding carboxylic acids is 1. The Morgan fingerprint density at radius 3 is 2.60 bits per heavy atom. The van der Waals surface area contributed by atoms with Crippen molar-refractivity contribution in [2.24, 2.45) is 0 Å². The third-order valence-electron chi connectivity index (χ3n) is 5.54. The second kappa shape index (κ2) is 8.06. The van der Waals surface area contributed by atoms with Crippen LogP contribution in [-0.2, 0) is 0 Å². The van der Waals surface area contributed by atoms with Crippen molar-refractivity contribution < 1.29 is 14.7 Å². The summed E-state index contributed by atoms with van der Waals surface area (Å²) in [6, 6.07) is 5.14. The molecule has 1 aliphatic carbocycles. The molecule has 0 bridgehead atoms. The van der Waals surface area contributed by atoms with Crippen LogP contribution < -0.4 is 5.32 Å². The number of pyridine rings is 1. The van der Waals surface area contributed by atoms with Gasteiger partial charge in [0.1, 0.15) is 11.5 Å². The van der Waals surface area contributed by atoms with Gasteiger partial charge in [-0.3, -0.25) is 4.79 Å². The Balaban J connectivity index is 1.74. The molecule has 1 fully saturated rings. The Labute approximate surface area is 173 Å². The lowest BCUT2D eigenvalue weighted by Crippen LogP contribution is -2.14. The molecule has 1 aliphatic rings. The van der Waals surface area contributed by atoms with Gasteiger partial charge in [-0.05, 0) is 50.5 Å². The maximum Gasteiger partial charge on any atom is 0.337 e. The molecule has 3 aromatic heterocycles. The first-order valence-electron chi connectivity index (χ1n) is 10.00. The van der Waals surface area contributed by atoms with Crippen molar-refractivity contribution in [2.75, 3.05) is 5.32 Å². The average molecular weight is 405 g/mol. The number of nitrogens with zero attached hydrogens (tertiary/aromatic N) is 4. The van der Waals surface area contributed by atoms with Gasteiger partial charge in [-0.15, -0.1) is 0 Å². The highest BCUT2D eigenvalue weighted by Gasteiger charge is 2.26. The second-order valence-electron chi connectivity index (χ2n) is 7.47. The van der Waals surface area contributed by atoms with E-state index in [4.69, 9.17) is 5.11 Å². The van der Waals surface area contributed by atoms with Crippen LogP contribution in [0.25, 0.3) is 11.0 Å². The van der Waals surface area contributed by atoms with Crippen molar-refractivity contribution in [1.82, 2.24) is 19.5 Å². The van der Waals surface area contributed by atoms with Gasteiger partial charge in [-0.1, -0.05) is 18.9 Å². The Bertz CT molecular complexity index is 1140. The van der Waals surface area contributed by atoms with Crippen LogP contribution in [0, 0.1) is 0 Å². The Morgan fingerprint density at radius 1 is 1.20 bits per heavy atom. The normalized spacial score (nSPS) is 14.9. The summed E-state index contributed by atoms with van der Waals surface area (Å²) in [4.78, 5) is 37.1. The van der Waals surface area contributed by atoms with Gasteiger partial charge in [0.15, 0.2) is 0 Å². The van der Waals surface area contributed by atoms with Crippen LogP contribution in [0.3, 0.4) is 0 Å². The van der Waals surface area contributed by atoms with Crippen molar-refractivity contribution in [2.45, 2.75) is 45.6 Å². The zero-order chi connectivity index (χ0) is 21.3. The van der Waals surface area contributed by atoms with E-state index in [0.29, 0.717) is 28.7 Å². The number of carboxylic acids is 1. The van der Waals surface area contributed by atoms with Crippen molar-refractivity contribution in [3.8, 4) is 0 Å². The van der Waals surface area contributed by atoms with E-state index in [2.05, 4.69) is 24.8 Å². The summed E-state index contributed by atoms with van der Waals surface area (Å²) in [6.07, 6.45) is 9.11. The molecule has 0 spiro atoms. The highest BCUT2D eigenvalue weighted by molar-refractivity contribution is 6.09. The van der Waals surface area contributed by atoms with Crippen LogP contribution in [-0.4, -0.2) is 36.4 Å². The molecule has 30 heavy (non-hydrogen) atoms. The van der Waals surface area contributed by atoms with Crippen molar-refractivity contribution in [1.29, 1.82) is 0 Å². The average Bonchev–Trinajstić information content (AvgIpc) is 3.40. The first kappa shape index (κ1) is 19.8. The van der Waals surface area contributed by atoms with Gasteiger partial charge in [0.2, 0.25) is 11.7 Å². The second-order valence-corrected chi connectivity index (χ2v) is 7.47. The summed E-state index contributed by atoms with van der Waals surface area (Å²) in [5.74, 6) is -0.242. The fourth-order valence-electron chi connectivity index (χ4n) is 3.82. The zero-order valence-corrected chi connectivity index (χ0v) is 16.9. The molecule has 154 valence electrons. The van der Waals surface area contributed by atoms with Gasteiger partial charge < -0.3 is 15.0 Å². The number of allylic oxidation sites excluding steroid dienone is 2. The number of hydrogen-bond donors (Lipinski definition) is 2. The molecule has 3 aromatic rings. The standard InChI is InChI=1S/C22H23N5O3/c1-3-13(2)19(28)17-10-15-12-24-22(25-18-9-8-14(11-23-18)21(29)30)26-20(15)27(17)16-6-4-5-7-16/h3,8-12,16H,4-7H2,1-2H3,(H,29,30)(H,23,24,25,26)/b13-3-. The maximum absolute atomic E-state index is 13.0. The molecule has 0 saturated heterocycles. The number of ketones is 1. The molecule has 0 radical (unpaired) electrons. The molecule has 2 N–H and O–H groups in total. The first-order valence-corrected chi connectivity index (χ1v) is 10.00. The Morgan fingerprint density at radius 2 is 1.97 bits per heavy atom. The predicted octanol–water partition coefficient (Wildman–Crippen LogP) is 4.53. The third-order valence-corrected chi connectivity index (χ3v) is 5.54. The Kier molecular flexibility index (Phi) is 5.31. The topological polar surface area (TPSA) is 110 Å². The van der Waals surface area contributed by atoms with Gasteiger partial charge in [-0.2, -0.15) is 4.98 Å². The van der Waals surface area contributed by atoms with Crippen LogP contribution in [0.2, 0.25) is 0 Å². The van der Waals surface area contributed by atoms with Crippen molar-refractivity contribution in [3.05, 3.63) is 53.5 Å². The lowest BCUT2D eigenvalue weighted by atomic mass is 10.1. The minimum atomic E-state index is -1.03. The van der Waals surface area contributed by atoms with Crippen LogP contribution in [0.1, 0.15) is 66.4 Å². The molecule has 8 nitrogen and oxygen atoms in total. The molecular formula is C22H23N5O3. The van der Waals surface area contributed by atoms with Gasteiger partial charge in [0.25, 0.3) is 0 Å². The van der Waals surface area contributed by atoms with E-state index < -0.39 is 5.97 Å². The number of Topliss-reactive ketones (excluding diaryl/α,β-unsaturated/α-hetero) is 1. The van der Waals surface area contributed by atoms with Crippen molar-refractivity contribution >= 4 is 34.6 Å². The molecule has 0 unspecified atom stereocenters. The van der Waals surface area contributed by atoms with Gasteiger partial charge >= 0.3 is 5.97 Å². The molecule has 1 saturated carbocycles. The number of hydrogen-bond acceptors (Lipinski definition) is 6. The van der Waals surface area contributed by atoms with Crippen LogP contribution in [0.15, 0.2) is 42.2 Å². The van der Waals surface area contributed by atoms with Gasteiger partial charge in [0, 0.05) is 23.8 Å². The fraction of sp³-hybridized carbons (Fsp3) is 0.318. The molecule has 0 aliphatic heterocycles. The molecule has 0 atom stereocenters. The molecule has 0 amide bonds. The first-order chi connectivity index (χ1) is 14.5. The van der Waals surface area contributed by atoms with E-state index in [9.17, 15) is 9.59 Å². The van der Waals surface area contributed by atoms with E-state index in [1.807, 2.05) is 26.0 Å². The number of fused-ring (bicyclic) bond motifs is 1. The maximum atomic E-state index is 13.0.